The van der Waals surface area contributed by atoms with Crippen LogP contribution in [-0.2, 0) is 30.3 Å². The summed E-state index contributed by atoms with van der Waals surface area (Å²) in [5.74, 6) is 3.07. The summed E-state index contributed by atoms with van der Waals surface area (Å²) in [4.78, 5) is 12.4. The van der Waals surface area contributed by atoms with Crippen LogP contribution in [0.5, 0.6) is 0 Å². The van der Waals surface area contributed by atoms with Crippen molar-refractivity contribution in [2.75, 3.05) is 26.4 Å². The zero-order valence-electron chi connectivity index (χ0n) is 31.7. The van der Waals surface area contributed by atoms with Crippen molar-refractivity contribution in [1.82, 2.24) is 0 Å². The smallest absolute Gasteiger partial charge is 0.333 e. The summed E-state index contributed by atoms with van der Waals surface area (Å²) in [6, 6.07) is 8.47. The maximum absolute atomic E-state index is 12.4. The summed E-state index contributed by atoms with van der Waals surface area (Å²) in [5.41, 5.74) is 3.15. The van der Waals surface area contributed by atoms with Crippen molar-refractivity contribution < 1.29 is 23.7 Å². The molecule has 2 aliphatic carbocycles. The van der Waals surface area contributed by atoms with Gasteiger partial charge in [0.1, 0.15) is 6.61 Å². The fourth-order valence-electron chi connectivity index (χ4n) is 8.62. The van der Waals surface area contributed by atoms with Crippen LogP contribution in [0.4, 0.5) is 0 Å². The number of hydrogen-bond acceptors (Lipinski definition) is 5. The number of carbonyl (C=O) groups excluding carboxylic acids is 1. The summed E-state index contributed by atoms with van der Waals surface area (Å²) in [7, 11) is -1.74. The molecule has 2 saturated carbocycles. The normalized spacial score (nSPS) is 25.1. The lowest BCUT2D eigenvalue weighted by Gasteiger charge is -2.38. The quantitative estimate of drug-likeness (QED) is 0.0668. The molecule has 3 fully saturated rings. The lowest BCUT2D eigenvalue weighted by Crippen LogP contribution is -2.43. The van der Waals surface area contributed by atoms with Gasteiger partial charge in [-0.25, -0.2) is 4.79 Å². The first-order chi connectivity index (χ1) is 23.0. The fraction of sp³-hybridized carbons (Fsp3) is 0.786. The Morgan fingerprint density at radius 3 is 2.21 bits per heavy atom. The average molecular weight is 683 g/mol. The molecule has 1 aromatic rings. The lowest BCUT2D eigenvalue weighted by atomic mass is 9.68. The van der Waals surface area contributed by atoms with E-state index in [2.05, 4.69) is 44.8 Å². The van der Waals surface area contributed by atoms with E-state index in [1.807, 2.05) is 13.8 Å². The third-order valence-electron chi connectivity index (χ3n) is 11.9. The van der Waals surface area contributed by atoms with Gasteiger partial charge in [0, 0.05) is 18.1 Å². The van der Waals surface area contributed by atoms with Crippen molar-refractivity contribution >= 4 is 19.2 Å². The van der Waals surface area contributed by atoms with Crippen LogP contribution >= 0.6 is 0 Å². The molecular weight excluding hydrogens is 613 g/mol. The summed E-state index contributed by atoms with van der Waals surface area (Å²) in [6.07, 6.45) is 20.3. The molecule has 1 heterocycles. The molecule has 1 aromatic carbocycles. The number of carbonyl (C=O) groups is 1. The first-order valence-electron chi connectivity index (χ1n) is 19.8. The van der Waals surface area contributed by atoms with Crippen LogP contribution in [0.3, 0.4) is 0 Å². The predicted molar refractivity (Wildman–Crippen MR) is 201 cm³/mol. The van der Waals surface area contributed by atoms with Crippen LogP contribution in [0.2, 0.25) is 19.1 Å². The van der Waals surface area contributed by atoms with Crippen molar-refractivity contribution in [3.8, 4) is 0 Å². The Hall–Kier alpha value is -1.47. The Bertz CT molecular complexity index is 1120. The molecule has 0 atom stereocenters. The third-order valence-corrected chi connectivity index (χ3v) is 15.4. The minimum Gasteiger partial charge on any atom is -0.457 e. The standard InChI is InChI=1S/C42H70O5Si/c1-8-9-11-14-33-15-17-35(18-16-33)36-19-21-37(22-20-36)38-23-24-40(39(27-38)31-45-41(43)32(2)3)48(6,7)26-13-10-12-25-44-28-34-29-46-42(4,5)47-30-34/h23-24,27,33-37H,2,8-22,25-26,28-31H2,1,3-7H3. The molecule has 4 rings (SSSR count). The Labute approximate surface area is 295 Å². The van der Waals surface area contributed by atoms with E-state index in [9.17, 15) is 4.79 Å². The van der Waals surface area contributed by atoms with Gasteiger partial charge in [0.25, 0.3) is 0 Å². The molecule has 5 nitrogen and oxygen atoms in total. The highest BCUT2D eigenvalue weighted by Crippen LogP contribution is 2.44. The third kappa shape index (κ3) is 12.4. The maximum Gasteiger partial charge on any atom is 0.333 e. The average Bonchev–Trinajstić information content (AvgIpc) is 3.07. The zero-order chi connectivity index (χ0) is 34.6. The van der Waals surface area contributed by atoms with Crippen molar-refractivity contribution in [2.24, 2.45) is 23.7 Å². The van der Waals surface area contributed by atoms with Crippen molar-refractivity contribution in [1.29, 1.82) is 0 Å². The van der Waals surface area contributed by atoms with E-state index in [0.29, 0.717) is 43.8 Å². The van der Waals surface area contributed by atoms with Gasteiger partial charge in [-0.15, -0.1) is 0 Å². The summed E-state index contributed by atoms with van der Waals surface area (Å²) in [5, 5.41) is 1.45. The van der Waals surface area contributed by atoms with Gasteiger partial charge in [-0.1, -0.05) is 107 Å². The topological polar surface area (TPSA) is 54.0 Å². The molecule has 0 radical (unpaired) electrons. The van der Waals surface area contributed by atoms with E-state index in [1.165, 1.54) is 112 Å². The second-order valence-electron chi connectivity index (χ2n) is 16.8. The number of hydrogen-bond donors (Lipinski definition) is 0. The number of esters is 1. The molecule has 272 valence electrons. The number of ether oxygens (including phenoxy) is 4. The van der Waals surface area contributed by atoms with E-state index in [1.54, 1.807) is 6.92 Å². The molecule has 0 unspecified atom stereocenters. The highest BCUT2D eigenvalue weighted by Gasteiger charge is 2.33. The molecule has 1 saturated heterocycles. The minimum atomic E-state index is -1.74. The van der Waals surface area contributed by atoms with Crippen molar-refractivity contribution in [2.45, 2.75) is 161 Å². The molecule has 0 N–H and O–H groups in total. The Morgan fingerprint density at radius 2 is 1.56 bits per heavy atom. The van der Waals surface area contributed by atoms with Crippen LogP contribution in [0.1, 0.15) is 141 Å². The Morgan fingerprint density at radius 1 is 0.896 bits per heavy atom. The van der Waals surface area contributed by atoms with Gasteiger partial charge in [-0.3, -0.25) is 0 Å². The molecule has 0 bridgehead atoms. The predicted octanol–water partition coefficient (Wildman–Crippen LogP) is 10.5. The SMILES string of the molecule is C=C(C)C(=O)OCc1cc(C2CCC(C3CCC(CCCCC)CC3)CC2)ccc1[Si](C)(C)CCCCCOCC1COC(C)(C)OC1. The maximum atomic E-state index is 12.4. The summed E-state index contributed by atoms with van der Waals surface area (Å²) in [6.45, 7) is 20.0. The number of rotatable bonds is 18. The Kier molecular flexibility index (Phi) is 15.7. The molecule has 3 aliphatic rings. The number of unbranched alkanes of at least 4 members (excludes halogenated alkanes) is 4. The van der Waals surface area contributed by atoms with E-state index in [4.69, 9.17) is 18.9 Å². The molecule has 6 heteroatoms. The fourth-order valence-corrected chi connectivity index (χ4v) is 11.6. The second-order valence-corrected chi connectivity index (χ2v) is 21.6. The van der Waals surface area contributed by atoms with E-state index < -0.39 is 13.9 Å². The lowest BCUT2D eigenvalue weighted by molar-refractivity contribution is -0.266. The molecule has 0 aromatic heterocycles. The highest BCUT2D eigenvalue weighted by molar-refractivity contribution is 6.90. The largest absolute Gasteiger partial charge is 0.457 e. The van der Waals surface area contributed by atoms with Crippen LogP contribution in [0.15, 0.2) is 30.4 Å². The van der Waals surface area contributed by atoms with Gasteiger partial charge in [0.05, 0.1) is 27.9 Å². The van der Waals surface area contributed by atoms with Gasteiger partial charge in [-0.2, -0.15) is 0 Å². The highest BCUT2D eigenvalue weighted by atomic mass is 28.3. The first kappa shape index (κ1) is 39.3. The van der Waals surface area contributed by atoms with E-state index >= 15 is 0 Å². The first-order valence-corrected chi connectivity index (χ1v) is 23.0. The Balaban J connectivity index is 1.26. The summed E-state index contributed by atoms with van der Waals surface area (Å²) < 4.78 is 23.3. The zero-order valence-corrected chi connectivity index (χ0v) is 32.7. The van der Waals surface area contributed by atoms with Gasteiger partial charge >= 0.3 is 5.97 Å². The van der Waals surface area contributed by atoms with Crippen molar-refractivity contribution in [3.63, 3.8) is 0 Å². The van der Waals surface area contributed by atoms with Gasteiger partial charge in [-0.05, 0) is 101 Å². The number of benzene rings is 1. The van der Waals surface area contributed by atoms with Crippen LogP contribution in [0, 0.1) is 23.7 Å². The minimum absolute atomic E-state index is 0.290. The second kappa shape index (κ2) is 19.2. The van der Waals surface area contributed by atoms with Crippen LogP contribution < -0.4 is 5.19 Å². The van der Waals surface area contributed by atoms with E-state index in [-0.39, 0.29) is 5.97 Å². The van der Waals surface area contributed by atoms with Gasteiger partial charge in [0.15, 0.2) is 5.79 Å². The molecule has 0 spiro atoms. The van der Waals surface area contributed by atoms with Crippen LogP contribution in [0.25, 0.3) is 0 Å². The summed E-state index contributed by atoms with van der Waals surface area (Å²) >= 11 is 0. The molecule has 0 amide bonds. The molecular formula is C42H70O5Si. The monoisotopic (exact) mass is 682 g/mol. The molecule has 48 heavy (non-hydrogen) atoms. The van der Waals surface area contributed by atoms with Crippen molar-refractivity contribution in [3.05, 3.63) is 41.5 Å². The van der Waals surface area contributed by atoms with Gasteiger partial charge < -0.3 is 18.9 Å². The van der Waals surface area contributed by atoms with Crippen LogP contribution in [-0.4, -0.2) is 46.3 Å². The van der Waals surface area contributed by atoms with Gasteiger partial charge in [0.2, 0.25) is 0 Å². The molecule has 1 aliphatic heterocycles. The van der Waals surface area contributed by atoms with E-state index in [0.717, 1.165) is 30.8 Å².